The fraction of sp³-hybridized carbons (Fsp3) is 0.800. The highest BCUT2D eigenvalue weighted by Gasteiger charge is 2.21. The molecule has 7 heteroatoms. The summed E-state index contributed by atoms with van der Waals surface area (Å²) in [5.74, 6) is 0. The smallest absolute Gasteiger partial charge is 0.301 e. The van der Waals surface area contributed by atoms with Crippen LogP contribution >= 0.6 is 29.8 Å². The Bertz CT molecular complexity index is 205. The summed E-state index contributed by atoms with van der Waals surface area (Å²) in [6.07, 6.45) is 0.698. The van der Waals surface area contributed by atoms with Crippen LogP contribution in [-0.2, 0) is 13.7 Å². The molecule has 0 amide bonds. The van der Waals surface area contributed by atoms with Crippen LogP contribution in [0.25, 0.3) is 0 Å². The van der Waals surface area contributed by atoms with E-state index in [1.807, 2.05) is 6.92 Å². The molecule has 1 atom stereocenters. The highest BCUT2D eigenvalue weighted by molar-refractivity contribution is 7.81. The van der Waals surface area contributed by atoms with Crippen LogP contribution in [0.5, 0.6) is 0 Å². The van der Waals surface area contributed by atoms with Crippen molar-refractivity contribution in [3.63, 3.8) is 0 Å². The fourth-order valence-corrected chi connectivity index (χ4v) is 1.38. The first-order chi connectivity index (χ1) is 5.48. The monoisotopic (exact) mass is 233 g/mol. The highest BCUT2D eigenvalue weighted by atomic mass is 35.7. The second-order valence-corrected chi connectivity index (χ2v) is 5.01. The molecule has 4 nitrogen and oxygen atoms in total. The third kappa shape index (κ3) is 6.92. The van der Waals surface area contributed by atoms with Gasteiger partial charge in [0.2, 0.25) is 0 Å². The molecule has 0 aromatic carbocycles. The van der Waals surface area contributed by atoms with E-state index in [2.05, 4.69) is 14.3 Å². The molecule has 0 aliphatic rings. The van der Waals surface area contributed by atoms with Crippen LogP contribution in [0.3, 0.4) is 0 Å². The number of hydrogen-bond acceptors (Lipinski definition) is 4. The summed E-state index contributed by atoms with van der Waals surface area (Å²) < 4.78 is 20.0. The van der Waals surface area contributed by atoms with Crippen LogP contribution in [0.2, 0.25) is 0 Å². The van der Waals surface area contributed by atoms with Crippen molar-refractivity contribution in [1.29, 1.82) is 0 Å². The summed E-state index contributed by atoms with van der Waals surface area (Å²) in [6, 6.07) is 0. The minimum Gasteiger partial charge on any atom is -0.301 e. The van der Waals surface area contributed by atoms with Crippen LogP contribution in [0.4, 0.5) is 0 Å². The van der Waals surface area contributed by atoms with E-state index in [1.165, 1.54) is 6.92 Å². The molecule has 0 aromatic heterocycles. The molecule has 0 rings (SSSR count). The van der Waals surface area contributed by atoms with E-state index in [0.717, 1.165) is 0 Å². The van der Waals surface area contributed by atoms with E-state index in [4.69, 9.17) is 22.8 Å². The van der Waals surface area contributed by atoms with Crippen molar-refractivity contribution in [1.82, 2.24) is 0 Å². The van der Waals surface area contributed by atoms with Crippen LogP contribution in [0.1, 0.15) is 20.3 Å². The van der Waals surface area contributed by atoms with Gasteiger partial charge in [0.25, 0.3) is 0 Å². The first-order valence-corrected chi connectivity index (χ1v) is 6.13. The van der Waals surface area contributed by atoms with Gasteiger partial charge in [0.15, 0.2) is 0 Å². The minimum absolute atomic E-state index is 0.107. The van der Waals surface area contributed by atoms with E-state index >= 15 is 0 Å². The lowest BCUT2D eigenvalue weighted by molar-refractivity contribution is 0.226. The average molecular weight is 234 g/mol. The van der Waals surface area contributed by atoms with E-state index in [1.54, 1.807) is 0 Å². The van der Waals surface area contributed by atoms with Gasteiger partial charge in [0.1, 0.15) is 5.17 Å². The Morgan fingerprint density at radius 3 is 2.67 bits per heavy atom. The molecule has 0 aromatic rings. The lowest BCUT2D eigenvalue weighted by Crippen LogP contribution is -1.89. The molecule has 0 N–H and O–H groups in total. The fourth-order valence-electron chi connectivity index (χ4n) is 0.329. The van der Waals surface area contributed by atoms with Gasteiger partial charge in [-0.15, -0.1) is 0 Å². The molecule has 0 saturated carbocycles. The molecular formula is C5H10Cl2NO3P. The van der Waals surface area contributed by atoms with Gasteiger partial charge in [-0.05, 0) is 13.3 Å². The zero-order chi connectivity index (χ0) is 9.61. The largest absolute Gasteiger partial charge is 0.496 e. The topological polar surface area (TPSA) is 47.9 Å². The highest BCUT2D eigenvalue weighted by Crippen LogP contribution is 2.53. The van der Waals surface area contributed by atoms with Gasteiger partial charge in [-0.3, -0.25) is 4.52 Å². The zero-order valence-corrected chi connectivity index (χ0v) is 9.20. The molecule has 1 unspecified atom stereocenters. The maximum atomic E-state index is 11.0. The van der Waals surface area contributed by atoms with E-state index < -0.39 is 6.95 Å². The van der Waals surface area contributed by atoms with Gasteiger partial charge in [-0.25, -0.2) is 4.57 Å². The van der Waals surface area contributed by atoms with Gasteiger partial charge in [-0.2, -0.15) is 0 Å². The van der Waals surface area contributed by atoms with Crippen molar-refractivity contribution in [3.8, 4) is 0 Å². The normalized spacial score (nSPS) is 17.2. The number of nitrogens with zero attached hydrogens (tertiary/aromatic N) is 1. The number of hydrogen-bond donors (Lipinski definition) is 0. The van der Waals surface area contributed by atoms with Gasteiger partial charge in [0.05, 0.1) is 6.61 Å². The summed E-state index contributed by atoms with van der Waals surface area (Å²) >= 11 is 10.6. The molecule has 0 aliphatic heterocycles. The van der Waals surface area contributed by atoms with Crippen molar-refractivity contribution in [2.75, 3.05) is 6.61 Å². The van der Waals surface area contributed by atoms with Crippen LogP contribution in [0.15, 0.2) is 5.16 Å². The molecule has 0 aliphatic carbocycles. The Morgan fingerprint density at radius 1 is 1.67 bits per heavy atom. The number of rotatable bonds is 5. The standard InChI is InChI=1S/C5H10Cl2NO3P/c1-3-4-10-12(7,9)11-8-5(2)6/h3-4H2,1-2H3/b8-5-. The third-order valence-corrected chi connectivity index (χ3v) is 2.03. The van der Waals surface area contributed by atoms with Gasteiger partial charge < -0.3 is 4.62 Å². The maximum Gasteiger partial charge on any atom is 0.496 e. The molecular weight excluding hydrogens is 224 g/mol. The molecule has 0 spiro atoms. The Morgan fingerprint density at radius 2 is 2.25 bits per heavy atom. The zero-order valence-electron chi connectivity index (χ0n) is 6.79. The molecule has 0 heterocycles. The van der Waals surface area contributed by atoms with Gasteiger partial charge in [-0.1, -0.05) is 23.7 Å². The summed E-state index contributed by atoms with van der Waals surface area (Å²) in [7, 11) is 0. The first kappa shape index (κ1) is 12.2. The van der Waals surface area contributed by atoms with Crippen molar-refractivity contribution in [2.24, 2.45) is 5.16 Å². The van der Waals surface area contributed by atoms with Crippen LogP contribution < -0.4 is 0 Å². The summed E-state index contributed by atoms with van der Waals surface area (Å²) in [5, 5.41) is 3.32. The van der Waals surface area contributed by atoms with Crippen LogP contribution in [0, 0.1) is 0 Å². The molecule has 0 saturated heterocycles. The first-order valence-electron chi connectivity index (χ1n) is 3.31. The van der Waals surface area contributed by atoms with Crippen molar-refractivity contribution >= 4 is 35.0 Å². The summed E-state index contributed by atoms with van der Waals surface area (Å²) in [6.45, 7) is 0.0235. The number of halogens is 2. The molecule has 0 radical (unpaired) electrons. The molecule has 0 bridgehead atoms. The van der Waals surface area contributed by atoms with Gasteiger partial charge >= 0.3 is 6.95 Å². The minimum atomic E-state index is -3.56. The summed E-state index contributed by atoms with van der Waals surface area (Å²) in [5.41, 5.74) is 0. The van der Waals surface area contributed by atoms with E-state index in [-0.39, 0.29) is 11.8 Å². The Labute approximate surface area is 81.1 Å². The SMILES string of the molecule is CCCOP(=O)(Cl)O/N=C(/C)Cl. The Hall–Kier alpha value is 0.240. The average Bonchev–Trinajstić information content (AvgIpc) is 1.98. The van der Waals surface area contributed by atoms with Crippen LogP contribution in [-0.4, -0.2) is 11.8 Å². The Kier molecular flexibility index (Phi) is 5.93. The molecule has 72 valence electrons. The lowest BCUT2D eigenvalue weighted by Gasteiger charge is -2.06. The van der Waals surface area contributed by atoms with Crippen molar-refractivity contribution in [3.05, 3.63) is 0 Å². The lowest BCUT2D eigenvalue weighted by atomic mass is 10.5. The van der Waals surface area contributed by atoms with Crippen molar-refractivity contribution < 1.29 is 13.7 Å². The third-order valence-electron chi connectivity index (χ3n) is 0.714. The maximum absolute atomic E-state index is 11.0. The summed E-state index contributed by atoms with van der Waals surface area (Å²) in [4.78, 5) is 0. The van der Waals surface area contributed by atoms with E-state index in [9.17, 15) is 4.57 Å². The predicted octanol–water partition coefficient (Wildman–Crippen LogP) is 3.35. The molecule has 0 fully saturated rings. The second kappa shape index (κ2) is 5.81. The van der Waals surface area contributed by atoms with E-state index in [0.29, 0.717) is 6.42 Å². The quantitative estimate of drug-likeness (QED) is 0.416. The predicted molar refractivity (Wildman–Crippen MR) is 49.7 cm³/mol. The Balaban J connectivity index is 3.88. The number of oxime groups is 1. The second-order valence-electron chi connectivity index (χ2n) is 1.93. The van der Waals surface area contributed by atoms with Gasteiger partial charge in [0, 0.05) is 11.2 Å². The molecule has 12 heavy (non-hydrogen) atoms. The van der Waals surface area contributed by atoms with Crippen molar-refractivity contribution in [2.45, 2.75) is 20.3 Å².